The molecule has 3 N–H and O–H groups in total. The fraction of sp³-hybridized carbons (Fsp3) is 0.231. The Bertz CT molecular complexity index is 566. The summed E-state index contributed by atoms with van der Waals surface area (Å²) < 4.78 is 0. The van der Waals surface area contributed by atoms with Gasteiger partial charge in [-0.05, 0) is 17.7 Å². The maximum Gasteiger partial charge on any atom is 0.228 e. The number of aromatic nitrogens is 1. The number of hydrogen-bond acceptors (Lipinski definition) is 5. The quantitative estimate of drug-likeness (QED) is 0.890. The largest absolute Gasteiger partial charge is 0.508 e. The molecule has 2 rings (SSSR count). The number of phenols is 1. The number of likely N-dealkylation sites (N-methyl/N-ethyl adjacent to an activating group) is 1. The van der Waals surface area contributed by atoms with Crippen molar-refractivity contribution in [1.29, 1.82) is 0 Å². The standard InChI is InChI=1S/C13H15N3O2S/c1-16(7-9-2-4-11(17)5-3-9)12(18)6-10-8-19-13(14)15-10/h2-5,8,17H,6-7H2,1H3,(H2,14,15). The minimum Gasteiger partial charge on any atom is -0.508 e. The van der Waals surface area contributed by atoms with Crippen LogP contribution in [0, 0.1) is 0 Å². The summed E-state index contributed by atoms with van der Waals surface area (Å²) in [6.07, 6.45) is 0.252. The molecule has 0 saturated heterocycles. The van der Waals surface area contributed by atoms with Crippen LogP contribution in [0.25, 0.3) is 0 Å². The van der Waals surface area contributed by atoms with Crippen LogP contribution in [-0.2, 0) is 17.8 Å². The molecule has 0 aliphatic rings. The van der Waals surface area contributed by atoms with Gasteiger partial charge in [-0.2, -0.15) is 0 Å². The second kappa shape index (κ2) is 5.71. The first-order valence-electron chi connectivity index (χ1n) is 5.76. The monoisotopic (exact) mass is 277 g/mol. The molecule has 0 bridgehead atoms. The van der Waals surface area contributed by atoms with E-state index in [9.17, 15) is 9.90 Å². The minimum absolute atomic E-state index is 0.0154. The van der Waals surface area contributed by atoms with Crippen molar-refractivity contribution in [3.63, 3.8) is 0 Å². The Morgan fingerprint density at radius 3 is 2.68 bits per heavy atom. The number of phenolic OH excluding ortho intramolecular Hbond substituents is 1. The van der Waals surface area contributed by atoms with Crippen LogP contribution in [-0.4, -0.2) is 27.9 Å². The SMILES string of the molecule is CN(Cc1ccc(O)cc1)C(=O)Cc1csc(N)n1. The van der Waals surface area contributed by atoms with E-state index in [1.54, 1.807) is 41.6 Å². The summed E-state index contributed by atoms with van der Waals surface area (Å²) in [6.45, 7) is 0.499. The lowest BCUT2D eigenvalue weighted by molar-refractivity contribution is -0.129. The average molecular weight is 277 g/mol. The molecule has 0 radical (unpaired) electrons. The fourth-order valence-electron chi connectivity index (χ4n) is 1.66. The third kappa shape index (κ3) is 3.69. The number of anilines is 1. The highest BCUT2D eigenvalue weighted by Crippen LogP contribution is 2.14. The van der Waals surface area contributed by atoms with Crippen molar-refractivity contribution in [3.8, 4) is 5.75 Å². The van der Waals surface area contributed by atoms with Crippen LogP contribution >= 0.6 is 11.3 Å². The number of nitrogen functional groups attached to an aromatic ring is 1. The number of nitrogens with zero attached hydrogens (tertiary/aromatic N) is 2. The number of nitrogens with two attached hydrogens (primary N) is 1. The number of hydrogen-bond donors (Lipinski definition) is 2. The summed E-state index contributed by atoms with van der Waals surface area (Å²) in [4.78, 5) is 17.7. The van der Waals surface area contributed by atoms with Crippen molar-refractivity contribution < 1.29 is 9.90 Å². The van der Waals surface area contributed by atoms with Gasteiger partial charge in [-0.1, -0.05) is 12.1 Å². The predicted molar refractivity (Wildman–Crippen MR) is 74.8 cm³/mol. The lowest BCUT2D eigenvalue weighted by atomic mass is 10.2. The van der Waals surface area contributed by atoms with Crippen LogP contribution in [0.2, 0.25) is 0 Å². The molecule has 1 aromatic carbocycles. The average Bonchev–Trinajstić information content (AvgIpc) is 2.77. The van der Waals surface area contributed by atoms with Gasteiger partial charge in [-0.15, -0.1) is 11.3 Å². The second-order valence-corrected chi connectivity index (χ2v) is 5.16. The molecular weight excluding hydrogens is 262 g/mol. The molecule has 5 nitrogen and oxygen atoms in total. The van der Waals surface area contributed by atoms with Gasteiger partial charge in [0.1, 0.15) is 5.75 Å². The smallest absolute Gasteiger partial charge is 0.228 e. The molecule has 0 aliphatic carbocycles. The normalized spacial score (nSPS) is 10.4. The number of carbonyl (C=O) groups excluding carboxylic acids is 1. The number of rotatable bonds is 4. The zero-order chi connectivity index (χ0) is 13.8. The van der Waals surface area contributed by atoms with E-state index in [2.05, 4.69) is 4.98 Å². The maximum atomic E-state index is 12.0. The highest BCUT2D eigenvalue weighted by atomic mass is 32.1. The van der Waals surface area contributed by atoms with Gasteiger partial charge < -0.3 is 15.7 Å². The Hall–Kier alpha value is -2.08. The van der Waals surface area contributed by atoms with Gasteiger partial charge in [0.05, 0.1) is 12.1 Å². The van der Waals surface area contributed by atoms with E-state index in [1.807, 2.05) is 0 Å². The Morgan fingerprint density at radius 1 is 1.42 bits per heavy atom. The zero-order valence-corrected chi connectivity index (χ0v) is 11.4. The molecule has 0 unspecified atom stereocenters. The lowest BCUT2D eigenvalue weighted by Gasteiger charge is -2.16. The molecule has 0 spiro atoms. The molecule has 0 fully saturated rings. The Morgan fingerprint density at radius 2 is 2.11 bits per heavy atom. The fourth-order valence-corrected chi connectivity index (χ4v) is 2.22. The van der Waals surface area contributed by atoms with E-state index in [-0.39, 0.29) is 18.1 Å². The molecule has 0 aliphatic heterocycles. The summed E-state index contributed by atoms with van der Waals surface area (Å²) >= 11 is 1.33. The molecule has 1 amide bonds. The molecule has 1 aromatic heterocycles. The van der Waals surface area contributed by atoms with E-state index in [4.69, 9.17) is 5.73 Å². The van der Waals surface area contributed by atoms with Gasteiger partial charge in [0.2, 0.25) is 5.91 Å². The summed E-state index contributed by atoms with van der Waals surface area (Å²) in [5, 5.41) is 11.5. The first-order chi connectivity index (χ1) is 9.04. The molecule has 0 atom stereocenters. The number of aromatic hydroxyl groups is 1. The van der Waals surface area contributed by atoms with Crippen molar-refractivity contribution in [3.05, 3.63) is 40.9 Å². The van der Waals surface area contributed by atoms with Gasteiger partial charge in [0.25, 0.3) is 0 Å². The first-order valence-corrected chi connectivity index (χ1v) is 6.64. The Balaban J connectivity index is 1.94. The van der Waals surface area contributed by atoms with Gasteiger partial charge in [0.15, 0.2) is 5.13 Å². The maximum absolute atomic E-state index is 12.0. The van der Waals surface area contributed by atoms with E-state index in [0.717, 1.165) is 5.56 Å². The van der Waals surface area contributed by atoms with Crippen molar-refractivity contribution in [1.82, 2.24) is 9.88 Å². The molecule has 1 heterocycles. The molecule has 19 heavy (non-hydrogen) atoms. The van der Waals surface area contributed by atoms with Crippen LogP contribution in [0.3, 0.4) is 0 Å². The number of thiazole rings is 1. The van der Waals surface area contributed by atoms with E-state index < -0.39 is 0 Å². The summed E-state index contributed by atoms with van der Waals surface area (Å²) in [5.74, 6) is 0.203. The highest BCUT2D eigenvalue weighted by molar-refractivity contribution is 7.13. The van der Waals surface area contributed by atoms with E-state index in [0.29, 0.717) is 17.4 Å². The van der Waals surface area contributed by atoms with Crippen LogP contribution in [0.1, 0.15) is 11.3 Å². The van der Waals surface area contributed by atoms with Crippen LogP contribution in [0.4, 0.5) is 5.13 Å². The number of amides is 1. The van der Waals surface area contributed by atoms with E-state index in [1.165, 1.54) is 11.3 Å². The van der Waals surface area contributed by atoms with Gasteiger partial charge >= 0.3 is 0 Å². The molecule has 6 heteroatoms. The zero-order valence-electron chi connectivity index (χ0n) is 10.5. The molecule has 2 aromatic rings. The Kier molecular flexibility index (Phi) is 4.01. The third-order valence-corrected chi connectivity index (χ3v) is 3.41. The van der Waals surface area contributed by atoms with Crippen molar-refractivity contribution >= 4 is 22.4 Å². The summed E-state index contributed by atoms with van der Waals surface area (Å²) in [7, 11) is 1.74. The molecule has 100 valence electrons. The van der Waals surface area contributed by atoms with E-state index >= 15 is 0 Å². The van der Waals surface area contributed by atoms with Crippen molar-refractivity contribution in [2.24, 2.45) is 0 Å². The predicted octanol–water partition coefficient (Wildman–Crippen LogP) is 1.63. The van der Waals surface area contributed by atoms with Crippen LogP contribution in [0.5, 0.6) is 5.75 Å². The molecular formula is C13H15N3O2S. The van der Waals surface area contributed by atoms with Gasteiger partial charge in [-0.25, -0.2) is 4.98 Å². The minimum atomic E-state index is -0.0154. The third-order valence-electron chi connectivity index (χ3n) is 2.68. The lowest BCUT2D eigenvalue weighted by Crippen LogP contribution is -2.27. The summed E-state index contributed by atoms with van der Waals surface area (Å²) in [6, 6.07) is 6.80. The van der Waals surface area contributed by atoms with Gasteiger partial charge in [-0.3, -0.25) is 4.79 Å². The topological polar surface area (TPSA) is 79.5 Å². The van der Waals surface area contributed by atoms with Crippen molar-refractivity contribution in [2.45, 2.75) is 13.0 Å². The number of carbonyl (C=O) groups is 1. The van der Waals surface area contributed by atoms with Gasteiger partial charge in [0, 0.05) is 19.0 Å². The van der Waals surface area contributed by atoms with Crippen LogP contribution < -0.4 is 5.73 Å². The Labute approximate surface area is 115 Å². The summed E-state index contributed by atoms with van der Waals surface area (Å²) in [5.41, 5.74) is 7.19. The van der Waals surface area contributed by atoms with Crippen LogP contribution in [0.15, 0.2) is 29.6 Å². The second-order valence-electron chi connectivity index (χ2n) is 4.27. The number of benzene rings is 1. The van der Waals surface area contributed by atoms with Crippen molar-refractivity contribution in [2.75, 3.05) is 12.8 Å². The molecule has 0 saturated carbocycles. The highest BCUT2D eigenvalue weighted by Gasteiger charge is 2.12. The first kappa shape index (κ1) is 13.4.